The number of morpholine rings is 1. The summed E-state index contributed by atoms with van der Waals surface area (Å²) in [5, 5.41) is 0.640. The highest BCUT2D eigenvalue weighted by Crippen LogP contribution is 2.31. The summed E-state index contributed by atoms with van der Waals surface area (Å²) in [6.45, 7) is 9.66. The molecule has 0 N–H and O–H groups in total. The lowest BCUT2D eigenvalue weighted by atomic mass is 10.1. The van der Waals surface area contributed by atoms with Crippen molar-refractivity contribution in [2.24, 2.45) is 0 Å². The van der Waals surface area contributed by atoms with Crippen LogP contribution < -0.4 is 4.90 Å². The van der Waals surface area contributed by atoms with Crippen LogP contribution in [0.2, 0.25) is 0 Å². The van der Waals surface area contributed by atoms with Gasteiger partial charge in [-0.3, -0.25) is 4.79 Å². The van der Waals surface area contributed by atoms with E-state index >= 15 is 0 Å². The van der Waals surface area contributed by atoms with Crippen LogP contribution in [0.15, 0.2) is 53.6 Å². The molecule has 7 nitrogen and oxygen atoms in total. The van der Waals surface area contributed by atoms with Gasteiger partial charge in [0.2, 0.25) is 0 Å². The number of aromatic nitrogens is 1. The van der Waals surface area contributed by atoms with Gasteiger partial charge in [-0.05, 0) is 51.1 Å². The first-order valence-corrected chi connectivity index (χ1v) is 12.4. The summed E-state index contributed by atoms with van der Waals surface area (Å²) >= 11 is 0. The lowest BCUT2D eigenvalue weighted by molar-refractivity contribution is 0.0775. The molecular weight excluding hydrogens is 426 g/mol. The second kappa shape index (κ2) is 8.96. The minimum absolute atomic E-state index is 0.169. The zero-order valence-electron chi connectivity index (χ0n) is 18.7. The molecule has 2 heterocycles. The molecule has 1 fully saturated rings. The zero-order valence-corrected chi connectivity index (χ0v) is 19.6. The quantitative estimate of drug-likeness (QED) is 0.569. The molecule has 2 aromatic carbocycles. The number of benzene rings is 2. The Balaban J connectivity index is 1.90. The number of hydrogen-bond acceptors (Lipinski definition) is 5. The Bertz CT molecular complexity index is 1220. The highest BCUT2D eigenvalue weighted by molar-refractivity contribution is 7.90. The number of fused-ring (bicyclic) bond motifs is 1. The van der Waals surface area contributed by atoms with Gasteiger partial charge in [0.25, 0.3) is 15.9 Å². The summed E-state index contributed by atoms with van der Waals surface area (Å²) in [4.78, 5) is 17.4. The third-order valence-corrected chi connectivity index (χ3v) is 7.68. The second-order valence-electron chi connectivity index (χ2n) is 7.94. The fourth-order valence-corrected chi connectivity index (χ4v) is 5.45. The Labute approximate surface area is 189 Å². The van der Waals surface area contributed by atoms with Crippen molar-refractivity contribution in [3.63, 3.8) is 0 Å². The Morgan fingerprint density at radius 2 is 1.69 bits per heavy atom. The standard InChI is InChI=1S/C24H29N3O4S/c1-4-25(5-2)24(28)22-17-27(32(29,30)20-9-6-18(3)7-10-20)23-11-8-19(16-21(22)23)26-12-14-31-15-13-26/h6-11,16-17H,4-5,12-15H2,1-3H3. The van der Waals surface area contributed by atoms with E-state index in [0.717, 1.165) is 24.3 Å². The molecule has 170 valence electrons. The fraction of sp³-hybridized carbons (Fsp3) is 0.375. The molecule has 1 aliphatic rings. The number of hydrogen-bond donors (Lipinski definition) is 0. The van der Waals surface area contributed by atoms with Crippen LogP contribution in [-0.2, 0) is 14.8 Å². The average molecular weight is 456 g/mol. The van der Waals surface area contributed by atoms with Gasteiger partial charge in [-0.15, -0.1) is 0 Å². The maximum atomic E-state index is 13.5. The van der Waals surface area contributed by atoms with Gasteiger partial charge in [-0.25, -0.2) is 12.4 Å². The van der Waals surface area contributed by atoms with Crippen molar-refractivity contribution in [1.82, 2.24) is 8.87 Å². The largest absolute Gasteiger partial charge is 0.378 e. The van der Waals surface area contributed by atoms with Crippen molar-refractivity contribution in [2.45, 2.75) is 25.7 Å². The molecule has 1 aromatic heterocycles. The van der Waals surface area contributed by atoms with Gasteiger partial charge in [0, 0.05) is 43.4 Å². The second-order valence-corrected chi connectivity index (χ2v) is 9.75. The number of ether oxygens (including phenoxy) is 1. The van der Waals surface area contributed by atoms with Gasteiger partial charge >= 0.3 is 0 Å². The molecule has 32 heavy (non-hydrogen) atoms. The fourth-order valence-electron chi connectivity index (χ4n) is 4.08. The van der Waals surface area contributed by atoms with Crippen LogP contribution in [0, 0.1) is 6.92 Å². The van der Waals surface area contributed by atoms with E-state index in [9.17, 15) is 13.2 Å². The van der Waals surface area contributed by atoms with Gasteiger partial charge in [-0.2, -0.15) is 0 Å². The topological polar surface area (TPSA) is 71.9 Å². The number of amides is 1. The van der Waals surface area contributed by atoms with E-state index in [2.05, 4.69) is 4.90 Å². The van der Waals surface area contributed by atoms with E-state index < -0.39 is 10.0 Å². The van der Waals surface area contributed by atoms with E-state index in [1.165, 1.54) is 10.2 Å². The predicted molar refractivity (Wildman–Crippen MR) is 126 cm³/mol. The molecule has 0 aliphatic carbocycles. The third-order valence-electron chi connectivity index (χ3n) is 5.99. The lowest BCUT2D eigenvalue weighted by Crippen LogP contribution is -2.36. The van der Waals surface area contributed by atoms with Gasteiger partial charge in [0.05, 0.1) is 29.2 Å². The molecule has 4 rings (SSSR count). The van der Waals surface area contributed by atoms with E-state index in [0.29, 0.717) is 42.8 Å². The minimum atomic E-state index is -3.86. The molecule has 0 atom stereocenters. The maximum Gasteiger partial charge on any atom is 0.268 e. The smallest absolute Gasteiger partial charge is 0.268 e. The van der Waals surface area contributed by atoms with E-state index in [4.69, 9.17) is 4.74 Å². The van der Waals surface area contributed by atoms with E-state index in [-0.39, 0.29) is 10.8 Å². The van der Waals surface area contributed by atoms with E-state index in [1.54, 1.807) is 35.2 Å². The Kier molecular flexibility index (Phi) is 6.26. The van der Waals surface area contributed by atoms with Crippen LogP contribution in [0.3, 0.4) is 0 Å². The lowest BCUT2D eigenvalue weighted by Gasteiger charge is -2.29. The highest BCUT2D eigenvalue weighted by atomic mass is 32.2. The van der Waals surface area contributed by atoms with Crippen LogP contribution >= 0.6 is 0 Å². The summed E-state index contributed by atoms with van der Waals surface area (Å²) < 4.78 is 33.7. The van der Waals surface area contributed by atoms with Crippen molar-refractivity contribution in [3.05, 3.63) is 59.8 Å². The molecule has 3 aromatic rings. The Morgan fingerprint density at radius 3 is 2.31 bits per heavy atom. The van der Waals surface area contributed by atoms with Crippen LogP contribution in [0.5, 0.6) is 0 Å². The predicted octanol–water partition coefficient (Wildman–Crippen LogP) is 3.51. The monoisotopic (exact) mass is 455 g/mol. The first-order valence-electron chi connectivity index (χ1n) is 11.0. The minimum Gasteiger partial charge on any atom is -0.378 e. The number of aryl methyl sites for hydroxylation is 1. The maximum absolute atomic E-state index is 13.5. The normalized spacial score (nSPS) is 14.7. The molecule has 8 heteroatoms. The molecule has 1 saturated heterocycles. The Hall–Kier alpha value is -2.84. The van der Waals surface area contributed by atoms with Gasteiger partial charge in [0.15, 0.2) is 0 Å². The van der Waals surface area contributed by atoms with Crippen molar-refractivity contribution in [3.8, 4) is 0 Å². The molecule has 0 unspecified atom stereocenters. The molecule has 0 radical (unpaired) electrons. The van der Waals surface area contributed by atoms with Crippen LogP contribution in [-0.4, -0.2) is 62.6 Å². The van der Waals surface area contributed by atoms with Crippen molar-refractivity contribution in [2.75, 3.05) is 44.3 Å². The first kappa shape index (κ1) is 22.4. The molecular formula is C24H29N3O4S. The summed E-state index contributed by atoms with van der Waals surface area (Å²) in [6, 6.07) is 12.4. The average Bonchev–Trinajstić information content (AvgIpc) is 3.20. The van der Waals surface area contributed by atoms with Crippen LogP contribution in [0.25, 0.3) is 10.9 Å². The summed E-state index contributed by atoms with van der Waals surface area (Å²) in [6.07, 6.45) is 1.48. The summed E-state index contributed by atoms with van der Waals surface area (Å²) in [7, 11) is -3.86. The SMILES string of the molecule is CCN(CC)C(=O)c1cn(S(=O)(=O)c2ccc(C)cc2)c2ccc(N3CCOCC3)cc12. The van der Waals surface area contributed by atoms with Gasteiger partial charge in [-0.1, -0.05) is 17.7 Å². The summed E-state index contributed by atoms with van der Waals surface area (Å²) in [5.74, 6) is -0.169. The summed E-state index contributed by atoms with van der Waals surface area (Å²) in [5.41, 5.74) is 2.83. The van der Waals surface area contributed by atoms with Crippen molar-refractivity contribution >= 4 is 32.5 Å². The Morgan fingerprint density at radius 1 is 1.03 bits per heavy atom. The van der Waals surface area contributed by atoms with Crippen molar-refractivity contribution < 1.29 is 17.9 Å². The van der Waals surface area contributed by atoms with Crippen LogP contribution in [0.4, 0.5) is 5.69 Å². The van der Waals surface area contributed by atoms with Crippen LogP contribution in [0.1, 0.15) is 29.8 Å². The molecule has 0 spiro atoms. The zero-order chi connectivity index (χ0) is 22.9. The number of carbonyl (C=O) groups is 1. The highest BCUT2D eigenvalue weighted by Gasteiger charge is 2.26. The number of rotatable bonds is 6. The molecule has 0 bridgehead atoms. The molecule has 0 saturated carbocycles. The van der Waals surface area contributed by atoms with Gasteiger partial charge < -0.3 is 14.5 Å². The third kappa shape index (κ3) is 4.00. The number of anilines is 1. The number of carbonyl (C=O) groups excluding carboxylic acids is 1. The van der Waals surface area contributed by atoms with Gasteiger partial charge in [0.1, 0.15) is 0 Å². The first-order chi connectivity index (χ1) is 15.4. The molecule has 1 amide bonds. The molecule has 1 aliphatic heterocycles. The van der Waals surface area contributed by atoms with Crippen molar-refractivity contribution in [1.29, 1.82) is 0 Å². The van der Waals surface area contributed by atoms with E-state index in [1.807, 2.05) is 32.9 Å². The number of nitrogens with zero attached hydrogens (tertiary/aromatic N) is 3.